The Labute approximate surface area is 208 Å². The molecule has 2 rings (SSSR count). The fourth-order valence-electron chi connectivity index (χ4n) is 2.71. The lowest BCUT2D eigenvalue weighted by Crippen LogP contribution is -2.41. The summed E-state index contributed by atoms with van der Waals surface area (Å²) in [6.07, 6.45) is -0.0177. The minimum Gasteiger partial charge on any atom is -0.489 e. The van der Waals surface area contributed by atoms with E-state index in [-0.39, 0.29) is 42.6 Å². The molecule has 0 aromatic heterocycles. The number of hydrogen-bond donors (Lipinski definition) is 2. The standard InChI is InChI=1S/C24H34N4O3.HI/c1-6-25-24(26-15-19(3)31-22-13-8-7-10-18(22)2)27-16-20-11-9-12-21(14-20)30-17-23(29)28(4)5;/h7-14,19H,6,15-17H2,1-5H3,(H2,25,26,27);1H. The molecule has 0 heterocycles. The van der Waals surface area contributed by atoms with Crippen molar-refractivity contribution in [2.75, 3.05) is 33.8 Å². The molecule has 0 saturated carbocycles. The van der Waals surface area contributed by atoms with Crippen LogP contribution in [0.4, 0.5) is 0 Å². The lowest BCUT2D eigenvalue weighted by molar-refractivity contribution is -0.130. The largest absolute Gasteiger partial charge is 0.489 e. The number of benzene rings is 2. The van der Waals surface area contributed by atoms with Gasteiger partial charge in [-0.05, 0) is 50.1 Å². The van der Waals surface area contributed by atoms with E-state index in [4.69, 9.17) is 9.47 Å². The van der Waals surface area contributed by atoms with Crippen molar-refractivity contribution >= 4 is 35.8 Å². The highest BCUT2D eigenvalue weighted by molar-refractivity contribution is 14.0. The van der Waals surface area contributed by atoms with Crippen LogP contribution in [0.3, 0.4) is 0 Å². The first kappa shape index (κ1) is 27.5. The van der Waals surface area contributed by atoms with Gasteiger partial charge in [0.1, 0.15) is 17.6 Å². The number of guanidine groups is 1. The number of para-hydroxylation sites is 1. The average molecular weight is 554 g/mol. The molecule has 7 nitrogen and oxygen atoms in total. The SMILES string of the molecule is CCNC(=NCc1cccc(OCC(=O)N(C)C)c1)NCC(C)Oc1ccccc1C.I. The van der Waals surface area contributed by atoms with Crippen molar-refractivity contribution in [1.29, 1.82) is 0 Å². The normalized spacial score (nSPS) is 11.7. The second-order valence-electron chi connectivity index (χ2n) is 7.49. The van der Waals surface area contributed by atoms with Crippen molar-refractivity contribution in [3.8, 4) is 11.5 Å². The number of nitrogens with zero attached hydrogens (tertiary/aromatic N) is 2. The Balaban J connectivity index is 0.00000512. The fraction of sp³-hybridized carbons (Fsp3) is 0.417. The molecular formula is C24H35IN4O3. The molecule has 176 valence electrons. The molecule has 8 heteroatoms. The van der Waals surface area contributed by atoms with Crippen LogP contribution >= 0.6 is 24.0 Å². The van der Waals surface area contributed by atoms with Crippen LogP contribution in [-0.4, -0.2) is 56.7 Å². The average Bonchev–Trinajstić information content (AvgIpc) is 2.75. The van der Waals surface area contributed by atoms with Crippen molar-refractivity contribution < 1.29 is 14.3 Å². The molecule has 0 aliphatic rings. The second kappa shape index (κ2) is 14.5. The number of carbonyl (C=O) groups excluding carboxylic acids is 1. The third-order valence-electron chi connectivity index (χ3n) is 4.50. The van der Waals surface area contributed by atoms with E-state index in [0.717, 1.165) is 29.4 Å². The zero-order valence-corrected chi connectivity index (χ0v) is 21.9. The number of aliphatic imine (C=N–C) groups is 1. The van der Waals surface area contributed by atoms with Gasteiger partial charge in [0.25, 0.3) is 5.91 Å². The maximum absolute atomic E-state index is 11.7. The van der Waals surface area contributed by atoms with Gasteiger partial charge in [-0.15, -0.1) is 24.0 Å². The van der Waals surface area contributed by atoms with Crippen molar-refractivity contribution in [1.82, 2.24) is 15.5 Å². The van der Waals surface area contributed by atoms with Crippen LogP contribution in [0.25, 0.3) is 0 Å². The van der Waals surface area contributed by atoms with Crippen molar-refractivity contribution in [3.63, 3.8) is 0 Å². The van der Waals surface area contributed by atoms with Gasteiger partial charge in [-0.3, -0.25) is 4.79 Å². The molecule has 0 aliphatic heterocycles. The number of ether oxygens (including phenoxy) is 2. The van der Waals surface area contributed by atoms with E-state index < -0.39 is 0 Å². The number of amides is 1. The van der Waals surface area contributed by atoms with E-state index in [1.54, 1.807) is 14.1 Å². The van der Waals surface area contributed by atoms with Crippen LogP contribution in [-0.2, 0) is 11.3 Å². The van der Waals surface area contributed by atoms with Crippen LogP contribution < -0.4 is 20.1 Å². The monoisotopic (exact) mass is 554 g/mol. The second-order valence-corrected chi connectivity index (χ2v) is 7.49. The number of halogens is 1. The summed E-state index contributed by atoms with van der Waals surface area (Å²) in [5.74, 6) is 2.19. The number of rotatable bonds is 10. The third-order valence-corrected chi connectivity index (χ3v) is 4.50. The number of aryl methyl sites for hydroxylation is 1. The summed E-state index contributed by atoms with van der Waals surface area (Å²) < 4.78 is 11.6. The van der Waals surface area contributed by atoms with Crippen molar-refractivity contribution in [2.45, 2.75) is 33.4 Å². The zero-order valence-electron chi connectivity index (χ0n) is 19.6. The van der Waals surface area contributed by atoms with Gasteiger partial charge in [-0.25, -0.2) is 4.99 Å². The van der Waals surface area contributed by atoms with Gasteiger partial charge < -0.3 is 25.0 Å². The Bertz CT molecular complexity index is 874. The number of carbonyl (C=O) groups is 1. The van der Waals surface area contributed by atoms with Crippen LogP contribution in [0.2, 0.25) is 0 Å². The van der Waals surface area contributed by atoms with Gasteiger partial charge in [0.2, 0.25) is 0 Å². The number of nitrogens with one attached hydrogen (secondary N) is 2. The minimum atomic E-state index is -0.0795. The topological polar surface area (TPSA) is 75.2 Å². The van der Waals surface area contributed by atoms with Gasteiger partial charge in [-0.2, -0.15) is 0 Å². The first-order valence-electron chi connectivity index (χ1n) is 10.6. The molecule has 0 fully saturated rings. The Morgan fingerprint density at radius 3 is 2.56 bits per heavy atom. The summed E-state index contributed by atoms with van der Waals surface area (Å²) in [5, 5.41) is 6.58. The van der Waals surface area contributed by atoms with Crippen LogP contribution in [0, 0.1) is 6.92 Å². The maximum Gasteiger partial charge on any atom is 0.259 e. The lowest BCUT2D eigenvalue weighted by atomic mass is 10.2. The Kier molecular flexibility index (Phi) is 12.5. The van der Waals surface area contributed by atoms with E-state index in [1.165, 1.54) is 4.90 Å². The summed E-state index contributed by atoms with van der Waals surface area (Å²) in [4.78, 5) is 17.9. The summed E-state index contributed by atoms with van der Waals surface area (Å²) >= 11 is 0. The van der Waals surface area contributed by atoms with E-state index in [0.29, 0.717) is 18.8 Å². The first-order valence-corrected chi connectivity index (χ1v) is 10.6. The predicted molar refractivity (Wildman–Crippen MR) is 140 cm³/mol. The van der Waals surface area contributed by atoms with Gasteiger partial charge in [0.15, 0.2) is 12.6 Å². The molecule has 1 atom stereocenters. The summed E-state index contributed by atoms with van der Waals surface area (Å²) in [6, 6.07) is 15.6. The summed E-state index contributed by atoms with van der Waals surface area (Å²) in [6.45, 7) is 7.98. The number of likely N-dealkylation sites (N-methyl/N-ethyl adjacent to an activating group) is 1. The van der Waals surface area contributed by atoms with E-state index in [2.05, 4.69) is 15.6 Å². The quantitative estimate of drug-likeness (QED) is 0.267. The van der Waals surface area contributed by atoms with Crippen molar-refractivity contribution in [2.24, 2.45) is 4.99 Å². The highest BCUT2D eigenvalue weighted by atomic mass is 127. The summed E-state index contributed by atoms with van der Waals surface area (Å²) in [5.41, 5.74) is 2.11. The molecule has 32 heavy (non-hydrogen) atoms. The van der Waals surface area contributed by atoms with Crippen LogP contribution in [0.1, 0.15) is 25.0 Å². The van der Waals surface area contributed by atoms with Crippen LogP contribution in [0.15, 0.2) is 53.5 Å². The van der Waals surface area contributed by atoms with E-state index in [1.807, 2.05) is 69.3 Å². The third kappa shape index (κ3) is 9.76. The predicted octanol–water partition coefficient (Wildman–Crippen LogP) is 3.60. The van der Waals surface area contributed by atoms with Gasteiger partial charge >= 0.3 is 0 Å². The molecule has 2 aromatic rings. The minimum absolute atomic E-state index is 0. The highest BCUT2D eigenvalue weighted by Crippen LogP contribution is 2.17. The highest BCUT2D eigenvalue weighted by Gasteiger charge is 2.08. The van der Waals surface area contributed by atoms with Gasteiger partial charge in [-0.1, -0.05) is 30.3 Å². The van der Waals surface area contributed by atoms with Gasteiger partial charge in [0.05, 0.1) is 13.1 Å². The molecule has 1 unspecified atom stereocenters. The molecule has 0 bridgehead atoms. The molecule has 0 radical (unpaired) electrons. The van der Waals surface area contributed by atoms with E-state index >= 15 is 0 Å². The molecule has 0 aliphatic carbocycles. The molecule has 2 aromatic carbocycles. The molecular weight excluding hydrogens is 519 g/mol. The Morgan fingerprint density at radius 1 is 1.12 bits per heavy atom. The summed E-state index contributed by atoms with van der Waals surface area (Å²) in [7, 11) is 3.41. The molecule has 2 N–H and O–H groups in total. The first-order chi connectivity index (χ1) is 14.9. The maximum atomic E-state index is 11.7. The lowest BCUT2D eigenvalue weighted by Gasteiger charge is -2.18. The Hall–Kier alpha value is -2.49. The molecule has 0 saturated heterocycles. The number of hydrogen-bond acceptors (Lipinski definition) is 4. The van der Waals surface area contributed by atoms with E-state index in [9.17, 15) is 4.79 Å². The molecule has 0 spiro atoms. The van der Waals surface area contributed by atoms with Gasteiger partial charge in [0, 0.05) is 20.6 Å². The van der Waals surface area contributed by atoms with Crippen molar-refractivity contribution in [3.05, 3.63) is 59.7 Å². The fourth-order valence-corrected chi connectivity index (χ4v) is 2.71. The zero-order chi connectivity index (χ0) is 22.6. The smallest absolute Gasteiger partial charge is 0.259 e. The molecule has 1 amide bonds. The van der Waals surface area contributed by atoms with Crippen LogP contribution in [0.5, 0.6) is 11.5 Å². The Morgan fingerprint density at radius 2 is 1.88 bits per heavy atom.